The van der Waals surface area contributed by atoms with E-state index in [4.69, 9.17) is 23.2 Å². The predicted octanol–water partition coefficient (Wildman–Crippen LogP) is 2.92. The minimum Gasteiger partial charge on any atom is -0.356 e. The van der Waals surface area contributed by atoms with Crippen molar-refractivity contribution in [3.05, 3.63) is 33.8 Å². The Morgan fingerprint density at radius 3 is 2.32 bits per heavy atom. The standard InChI is InChI=1S/C14H20Cl2N4O.HI/c1-3-6-19-14(17-2)20-8-7-18-13(21)10-4-5-11(15)12(16)9-10;/h4-5,9H,3,6-8H2,1-2H3,(H,18,21)(H2,17,19,20);1H. The quantitative estimate of drug-likeness (QED) is 0.266. The van der Waals surface area contributed by atoms with Gasteiger partial charge >= 0.3 is 0 Å². The minimum atomic E-state index is -0.188. The normalized spacial score (nSPS) is 10.6. The molecule has 0 aliphatic rings. The number of hydrogen-bond donors (Lipinski definition) is 3. The fraction of sp³-hybridized carbons (Fsp3) is 0.429. The third kappa shape index (κ3) is 7.51. The van der Waals surface area contributed by atoms with Gasteiger partial charge in [0.05, 0.1) is 10.0 Å². The number of nitrogens with zero attached hydrogens (tertiary/aromatic N) is 1. The summed E-state index contributed by atoms with van der Waals surface area (Å²) < 4.78 is 0. The first kappa shape index (κ1) is 21.3. The van der Waals surface area contributed by atoms with Crippen LogP contribution in [0.2, 0.25) is 10.0 Å². The van der Waals surface area contributed by atoms with Crippen molar-refractivity contribution in [3.63, 3.8) is 0 Å². The van der Waals surface area contributed by atoms with E-state index in [0.29, 0.717) is 28.7 Å². The zero-order valence-corrected chi connectivity index (χ0v) is 16.4. The van der Waals surface area contributed by atoms with Crippen molar-refractivity contribution in [3.8, 4) is 0 Å². The van der Waals surface area contributed by atoms with Gasteiger partial charge in [0.15, 0.2) is 5.96 Å². The maximum absolute atomic E-state index is 11.9. The average Bonchev–Trinajstić information content (AvgIpc) is 2.49. The van der Waals surface area contributed by atoms with E-state index in [2.05, 4.69) is 27.9 Å². The first-order valence-electron chi connectivity index (χ1n) is 6.76. The lowest BCUT2D eigenvalue weighted by molar-refractivity contribution is 0.0954. The van der Waals surface area contributed by atoms with Gasteiger partial charge in [0, 0.05) is 32.2 Å². The zero-order chi connectivity index (χ0) is 15.7. The molecular weight excluding hydrogens is 438 g/mol. The van der Waals surface area contributed by atoms with Gasteiger partial charge in [0.1, 0.15) is 0 Å². The maximum atomic E-state index is 11.9. The van der Waals surface area contributed by atoms with Crippen molar-refractivity contribution in [2.75, 3.05) is 26.7 Å². The maximum Gasteiger partial charge on any atom is 0.251 e. The molecule has 0 atom stereocenters. The third-order valence-corrected chi connectivity index (χ3v) is 3.39. The molecule has 0 aliphatic heterocycles. The average molecular weight is 459 g/mol. The summed E-state index contributed by atoms with van der Waals surface area (Å²) in [7, 11) is 1.71. The highest BCUT2D eigenvalue weighted by atomic mass is 127. The molecule has 3 N–H and O–H groups in total. The number of benzene rings is 1. The smallest absolute Gasteiger partial charge is 0.251 e. The Hall–Kier alpha value is -0.730. The van der Waals surface area contributed by atoms with Crippen molar-refractivity contribution in [1.82, 2.24) is 16.0 Å². The second-order valence-electron chi connectivity index (χ2n) is 4.31. The van der Waals surface area contributed by atoms with E-state index in [1.165, 1.54) is 0 Å². The summed E-state index contributed by atoms with van der Waals surface area (Å²) in [5.74, 6) is 0.535. The molecule has 1 rings (SSSR count). The van der Waals surface area contributed by atoms with Gasteiger partial charge in [-0.3, -0.25) is 9.79 Å². The largest absolute Gasteiger partial charge is 0.356 e. The number of nitrogens with one attached hydrogen (secondary N) is 3. The lowest BCUT2D eigenvalue weighted by atomic mass is 10.2. The molecular formula is C14H21Cl2IN4O. The van der Waals surface area contributed by atoms with E-state index in [1.807, 2.05) is 0 Å². The monoisotopic (exact) mass is 458 g/mol. The van der Waals surface area contributed by atoms with Gasteiger partial charge in [0.25, 0.3) is 5.91 Å². The van der Waals surface area contributed by atoms with Crippen LogP contribution in [0.5, 0.6) is 0 Å². The molecule has 0 saturated heterocycles. The Labute approximate surface area is 158 Å². The molecule has 0 radical (unpaired) electrons. The number of amides is 1. The van der Waals surface area contributed by atoms with Crippen LogP contribution >= 0.6 is 47.2 Å². The van der Waals surface area contributed by atoms with Gasteiger partial charge in [0.2, 0.25) is 0 Å². The Morgan fingerprint density at radius 2 is 1.73 bits per heavy atom. The van der Waals surface area contributed by atoms with Crippen molar-refractivity contribution >= 4 is 59.0 Å². The van der Waals surface area contributed by atoms with Crippen LogP contribution in [0.4, 0.5) is 0 Å². The molecule has 0 bridgehead atoms. The summed E-state index contributed by atoms with van der Waals surface area (Å²) in [5.41, 5.74) is 0.484. The minimum absolute atomic E-state index is 0. The molecule has 0 fully saturated rings. The Morgan fingerprint density at radius 1 is 1.09 bits per heavy atom. The van der Waals surface area contributed by atoms with E-state index >= 15 is 0 Å². The number of hydrogen-bond acceptors (Lipinski definition) is 2. The number of guanidine groups is 1. The summed E-state index contributed by atoms with van der Waals surface area (Å²) in [6.45, 7) is 4.00. The van der Waals surface area contributed by atoms with Crippen LogP contribution in [0.25, 0.3) is 0 Å². The van der Waals surface area contributed by atoms with E-state index in [1.54, 1.807) is 25.2 Å². The topological polar surface area (TPSA) is 65.5 Å². The molecule has 22 heavy (non-hydrogen) atoms. The summed E-state index contributed by atoms with van der Waals surface area (Å²) in [4.78, 5) is 16.0. The highest BCUT2D eigenvalue weighted by Crippen LogP contribution is 2.22. The van der Waals surface area contributed by atoms with Crippen molar-refractivity contribution < 1.29 is 4.79 Å². The number of halogens is 3. The van der Waals surface area contributed by atoms with Crippen LogP contribution in [-0.4, -0.2) is 38.5 Å². The van der Waals surface area contributed by atoms with E-state index in [-0.39, 0.29) is 29.9 Å². The van der Waals surface area contributed by atoms with Gasteiger partial charge in [-0.25, -0.2) is 0 Å². The zero-order valence-electron chi connectivity index (χ0n) is 12.6. The Bertz CT molecular complexity index is 512. The fourth-order valence-electron chi connectivity index (χ4n) is 1.56. The molecule has 1 aromatic carbocycles. The van der Waals surface area contributed by atoms with Crippen LogP contribution in [0.15, 0.2) is 23.2 Å². The number of carbonyl (C=O) groups excluding carboxylic acids is 1. The van der Waals surface area contributed by atoms with Crippen LogP contribution < -0.4 is 16.0 Å². The molecule has 0 aromatic heterocycles. The van der Waals surface area contributed by atoms with Gasteiger partial charge in [-0.15, -0.1) is 24.0 Å². The van der Waals surface area contributed by atoms with Crippen LogP contribution in [0, 0.1) is 0 Å². The molecule has 0 saturated carbocycles. The molecule has 1 amide bonds. The Balaban J connectivity index is 0.00000441. The van der Waals surface area contributed by atoms with Crippen molar-refractivity contribution in [2.24, 2.45) is 4.99 Å². The molecule has 1 aromatic rings. The van der Waals surface area contributed by atoms with Crippen LogP contribution in [0.3, 0.4) is 0 Å². The summed E-state index contributed by atoms with van der Waals surface area (Å²) in [6, 6.07) is 4.79. The number of aliphatic imine (C=N–C) groups is 1. The summed E-state index contributed by atoms with van der Waals surface area (Å²) in [5, 5.41) is 9.85. The van der Waals surface area contributed by atoms with E-state index in [9.17, 15) is 4.79 Å². The lowest BCUT2D eigenvalue weighted by Crippen LogP contribution is -2.41. The third-order valence-electron chi connectivity index (χ3n) is 2.65. The second-order valence-corrected chi connectivity index (χ2v) is 5.12. The SMILES string of the molecule is CCCNC(=NC)NCCNC(=O)c1ccc(Cl)c(Cl)c1.I. The lowest BCUT2D eigenvalue weighted by Gasteiger charge is -2.11. The van der Waals surface area contributed by atoms with Gasteiger partial charge in [-0.05, 0) is 24.6 Å². The molecule has 5 nitrogen and oxygen atoms in total. The van der Waals surface area contributed by atoms with Crippen LogP contribution in [0.1, 0.15) is 23.7 Å². The molecule has 124 valence electrons. The van der Waals surface area contributed by atoms with E-state index < -0.39 is 0 Å². The predicted molar refractivity (Wildman–Crippen MR) is 104 cm³/mol. The number of carbonyl (C=O) groups is 1. The first-order valence-corrected chi connectivity index (χ1v) is 7.51. The molecule has 8 heteroatoms. The highest BCUT2D eigenvalue weighted by Gasteiger charge is 2.07. The first-order chi connectivity index (χ1) is 10.1. The second kappa shape index (κ2) is 11.8. The summed E-state index contributed by atoms with van der Waals surface area (Å²) >= 11 is 11.7. The van der Waals surface area contributed by atoms with Crippen molar-refractivity contribution in [1.29, 1.82) is 0 Å². The molecule has 0 heterocycles. The van der Waals surface area contributed by atoms with Crippen molar-refractivity contribution in [2.45, 2.75) is 13.3 Å². The summed E-state index contributed by atoms with van der Waals surface area (Å²) in [6.07, 6.45) is 1.02. The molecule has 0 spiro atoms. The highest BCUT2D eigenvalue weighted by molar-refractivity contribution is 14.0. The fourth-order valence-corrected chi connectivity index (χ4v) is 1.86. The number of rotatable bonds is 6. The van der Waals surface area contributed by atoms with Crippen LogP contribution in [-0.2, 0) is 0 Å². The molecule has 0 aliphatic carbocycles. The molecule has 0 unspecified atom stereocenters. The Kier molecular flexibility index (Phi) is 11.4. The van der Waals surface area contributed by atoms with Gasteiger partial charge in [-0.2, -0.15) is 0 Å². The van der Waals surface area contributed by atoms with Gasteiger partial charge in [-0.1, -0.05) is 30.1 Å². The van der Waals surface area contributed by atoms with Gasteiger partial charge < -0.3 is 16.0 Å². The van der Waals surface area contributed by atoms with E-state index in [0.717, 1.165) is 18.9 Å².